The van der Waals surface area contributed by atoms with Crippen LogP contribution in [0.3, 0.4) is 0 Å². The Bertz CT molecular complexity index is 985. The zero-order valence-corrected chi connectivity index (χ0v) is 16.6. The van der Waals surface area contributed by atoms with E-state index < -0.39 is 0 Å². The second kappa shape index (κ2) is 8.66. The van der Waals surface area contributed by atoms with Gasteiger partial charge in [0.25, 0.3) is 11.8 Å². The lowest BCUT2D eigenvalue weighted by molar-refractivity contribution is 0.0615. The molecular weight excluding hydrogens is 389 g/mol. The summed E-state index contributed by atoms with van der Waals surface area (Å²) in [6.45, 7) is 1.65. The van der Waals surface area contributed by atoms with E-state index in [0.29, 0.717) is 61.8 Å². The standard InChI is InChI=1S/C21H22FN5O3/c1-29-11-8-21(20-25-18(30-26-20)15-2-4-17(22)5-3-15)6-9-27(10-7-21)19(28)16-12-23-14-24-13-16/h2-5,12-14H,6-11H2,1H3. The van der Waals surface area contributed by atoms with E-state index in [2.05, 4.69) is 20.1 Å². The van der Waals surface area contributed by atoms with Crippen LogP contribution in [0.25, 0.3) is 11.5 Å². The Kier molecular flexibility index (Phi) is 5.80. The summed E-state index contributed by atoms with van der Waals surface area (Å²) in [5.74, 6) is 0.530. The van der Waals surface area contributed by atoms with E-state index in [0.717, 1.165) is 0 Å². The van der Waals surface area contributed by atoms with Gasteiger partial charge in [0.05, 0.1) is 5.56 Å². The second-order valence-corrected chi connectivity index (χ2v) is 7.37. The van der Waals surface area contributed by atoms with Crippen molar-refractivity contribution < 1.29 is 18.4 Å². The Hall–Kier alpha value is -3.20. The van der Waals surface area contributed by atoms with Gasteiger partial charge in [-0.25, -0.2) is 14.4 Å². The quantitative estimate of drug-likeness (QED) is 0.616. The summed E-state index contributed by atoms with van der Waals surface area (Å²) in [5.41, 5.74) is 0.774. The largest absolute Gasteiger partial charge is 0.385 e. The van der Waals surface area contributed by atoms with Crippen molar-refractivity contribution in [1.82, 2.24) is 25.0 Å². The molecule has 1 aliphatic heterocycles. The first-order valence-electron chi connectivity index (χ1n) is 9.75. The summed E-state index contributed by atoms with van der Waals surface area (Å²) in [6, 6.07) is 5.93. The highest BCUT2D eigenvalue weighted by Gasteiger charge is 2.41. The molecule has 0 spiro atoms. The number of nitrogens with zero attached hydrogens (tertiary/aromatic N) is 5. The Balaban J connectivity index is 1.53. The van der Waals surface area contributed by atoms with Gasteiger partial charge < -0.3 is 14.2 Å². The summed E-state index contributed by atoms with van der Waals surface area (Å²) in [5, 5.41) is 4.23. The van der Waals surface area contributed by atoms with Gasteiger partial charge in [-0.1, -0.05) is 5.16 Å². The normalized spacial score (nSPS) is 15.9. The number of carbonyl (C=O) groups excluding carboxylic acids is 1. The molecule has 30 heavy (non-hydrogen) atoms. The first-order chi connectivity index (χ1) is 14.6. The van der Waals surface area contributed by atoms with Gasteiger partial charge in [0.1, 0.15) is 12.1 Å². The average molecular weight is 411 g/mol. The van der Waals surface area contributed by atoms with Crippen molar-refractivity contribution in [2.75, 3.05) is 26.8 Å². The Morgan fingerprint density at radius 1 is 1.20 bits per heavy atom. The lowest BCUT2D eigenvalue weighted by atomic mass is 9.75. The van der Waals surface area contributed by atoms with E-state index in [1.54, 1.807) is 24.1 Å². The maximum atomic E-state index is 13.2. The topological polar surface area (TPSA) is 94.2 Å². The molecule has 0 bridgehead atoms. The number of halogens is 1. The monoisotopic (exact) mass is 411 g/mol. The second-order valence-electron chi connectivity index (χ2n) is 7.37. The van der Waals surface area contributed by atoms with Gasteiger partial charge in [-0.15, -0.1) is 0 Å². The third kappa shape index (κ3) is 4.06. The van der Waals surface area contributed by atoms with Gasteiger partial charge in [-0.2, -0.15) is 4.98 Å². The molecule has 3 aromatic rings. The minimum Gasteiger partial charge on any atom is -0.385 e. The molecule has 0 atom stereocenters. The summed E-state index contributed by atoms with van der Waals surface area (Å²) in [6.07, 6.45) is 6.52. The summed E-state index contributed by atoms with van der Waals surface area (Å²) >= 11 is 0. The molecule has 0 radical (unpaired) electrons. The van der Waals surface area contributed by atoms with Gasteiger partial charge in [0.2, 0.25) is 0 Å². The molecule has 2 aromatic heterocycles. The minimum absolute atomic E-state index is 0.0870. The zero-order valence-electron chi connectivity index (χ0n) is 16.6. The number of methoxy groups -OCH3 is 1. The molecule has 1 aliphatic rings. The molecular formula is C21H22FN5O3. The maximum Gasteiger partial charge on any atom is 0.257 e. The molecule has 0 aliphatic carbocycles. The third-order valence-electron chi connectivity index (χ3n) is 5.59. The van der Waals surface area contributed by atoms with Gasteiger partial charge >= 0.3 is 0 Å². The van der Waals surface area contributed by atoms with Crippen LogP contribution in [0, 0.1) is 5.82 Å². The van der Waals surface area contributed by atoms with E-state index in [9.17, 15) is 9.18 Å². The van der Waals surface area contributed by atoms with Crippen LogP contribution in [0.2, 0.25) is 0 Å². The van der Waals surface area contributed by atoms with Crippen LogP contribution in [-0.2, 0) is 10.2 Å². The molecule has 1 aromatic carbocycles. The average Bonchev–Trinajstić information content (AvgIpc) is 3.30. The van der Waals surface area contributed by atoms with Crippen molar-refractivity contribution in [2.45, 2.75) is 24.7 Å². The number of carbonyl (C=O) groups is 1. The molecule has 0 N–H and O–H groups in total. The van der Waals surface area contributed by atoms with E-state index >= 15 is 0 Å². The Labute approximate surface area is 173 Å². The van der Waals surface area contributed by atoms with Gasteiger partial charge in [-0.3, -0.25) is 4.79 Å². The lowest BCUT2D eigenvalue weighted by Gasteiger charge is -2.39. The number of likely N-dealkylation sites (tertiary alicyclic amines) is 1. The predicted octanol–water partition coefficient (Wildman–Crippen LogP) is 2.88. The molecule has 0 unspecified atom stereocenters. The molecule has 9 heteroatoms. The van der Waals surface area contributed by atoms with E-state index in [1.165, 1.54) is 30.9 Å². The highest BCUT2D eigenvalue weighted by Crippen LogP contribution is 2.38. The van der Waals surface area contributed by atoms with Gasteiger partial charge in [0, 0.05) is 50.2 Å². The number of piperidine rings is 1. The number of ether oxygens (including phenoxy) is 1. The van der Waals surface area contributed by atoms with Crippen molar-refractivity contribution in [1.29, 1.82) is 0 Å². The molecule has 8 nitrogen and oxygen atoms in total. The number of aromatic nitrogens is 4. The summed E-state index contributed by atoms with van der Waals surface area (Å²) in [4.78, 5) is 27.0. The fourth-order valence-electron chi connectivity index (χ4n) is 3.76. The van der Waals surface area contributed by atoms with Crippen LogP contribution >= 0.6 is 0 Å². The molecule has 1 amide bonds. The van der Waals surface area contributed by atoms with Crippen LogP contribution in [0.1, 0.15) is 35.4 Å². The van der Waals surface area contributed by atoms with Gasteiger partial charge in [0.15, 0.2) is 5.82 Å². The van der Waals surface area contributed by atoms with Crippen LogP contribution in [0.4, 0.5) is 4.39 Å². The number of rotatable bonds is 6. The SMILES string of the molecule is COCCC1(c2noc(-c3ccc(F)cc3)n2)CCN(C(=O)c2cncnc2)CC1. The first kappa shape index (κ1) is 20.1. The summed E-state index contributed by atoms with van der Waals surface area (Å²) in [7, 11) is 1.65. The van der Waals surface area contributed by atoms with Crippen molar-refractivity contribution in [3.63, 3.8) is 0 Å². The summed E-state index contributed by atoms with van der Waals surface area (Å²) < 4.78 is 24.0. The van der Waals surface area contributed by atoms with E-state index in [4.69, 9.17) is 9.26 Å². The van der Waals surface area contributed by atoms with Crippen LogP contribution < -0.4 is 0 Å². The molecule has 4 rings (SSSR count). The number of benzene rings is 1. The van der Waals surface area contributed by atoms with Crippen molar-refractivity contribution in [3.8, 4) is 11.5 Å². The molecule has 3 heterocycles. The molecule has 1 saturated heterocycles. The van der Waals surface area contributed by atoms with Crippen molar-refractivity contribution in [2.24, 2.45) is 0 Å². The predicted molar refractivity (Wildman–Crippen MR) is 105 cm³/mol. The third-order valence-corrected chi connectivity index (χ3v) is 5.59. The fourth-order valence-corrected chi connectivity index (χ4v) is 3.76. The van der Waals surface area contributed by atoms with E-state index in [-0.39, 0.29) is 17.1 Å². The van der Waals surface area contributed by atoms with Crippen LogP contribution in [-0.4, -0.2) is 57.7 Å². The van der Waals surface area contributed by atoms with Crippen molar-refractivity contribution >= 4 is 5.91 Å². The Morgan fingerprint density at radius 3 is 2.57 bits per heavy atom. The van der Waals surface area contributed by atoms with Crippen molar-refractivity contribution in [3.05, 3.63) is 60.2 Å². The fraction of sp³-hybridized carbons (Fsp3) is 0.381. The molecule has 156 valence electrons. The van der Waals surface area contributed by atoms with Crippen LogP contribution in [0.15, 0.2) is 47.5 Å². The number of hydrogen-bond donors (Lipinski definition) is 0. The highest BCUT2D eigenvalue weighted by molar-refractivity contribution is 5.93. The first-order valence-corrected chi connectivity index (χ1v) is 9.75. The van der Waals surface area contributed by atoms with Crippen LogP contribution in [0.5, 0.6) is 0 Å². The molecule has 0 saturated carbocycles. The number of hydrogen-bond acceptors (Lipinski definition) is 7. The highest BCUT2D eigenvalue weighted by atomic mass is 19.1. The minimum atomic E-state index is -0.359. The lowest BCUT2D eigenvalue weighted by Crippen LogP contribution is -2.46. The van der Waals surface area contributed by atoms with E-state index in [1.807, 2.05) is 0 Å². The molecule has 1 fully saturated rings. The smallest absolute Gasteiger partial charge is 0.257 e. The van der Waals surface area contributed by atoms with Gasteiger partial charge in [-0.05, 0) is 43.5 Å². The zero-order chi connectivity index (χ0) is 21.0. The Morgan fingerprint density at radius 2 is 1.90 bits per heavy atom. The number of amides is 1. The maximum absolute atomic E-state index is 13.2.